The van der Waals surface area contributed by atoms with E-state index in [2.05, 4.69) is 6.58 Å². The van der Waals surface area contributed by atoms with Crippen molar-refractivity contribution in [2.75, 3.05) is 18.6 Å². The molecule has 0 saturated heterocycles. The van der Waals surface area contributed by atoms with Crippen LogP contribution in [0.5, 0.6) is 5.75 Å². The summed E-state index contributed by atoms with van der Waals surface area (Å²) in [7, 11) is 1.58. The Balaban J connectivity index is 1.68. The van der Waals surface area contributed by atoms with Gasteiger partial charge in [0, 0.05) is 18.7 Å². The van der Waals surface area contributed by atoms with Gasteiger partial charge in [-0.3, -0.25) is 14.4 Å². The predicted molar refractivity (Wildman–Crippen MR) is 145 cm³/mol. The zero-order valence-electron chi connectivity index (χ0n) is 21.4. The number of carbonyl (C=O) groups excluding carboxylic acids is 2. The van der Waals surface area contributed by atoms with Gasteiger partial charge in [0.1, 0.15) is 11.3 Å². The summed E-state index contributed by atoms with van der Waals surface area (Å²) < 4.78 is 11.5. The van der Waals surface area contributed by atoms with Crippen LogP contribution in [-0.4, -0.2) is 30.4 Å². The molecular weight excluding hydrogens is 480 g/mol. The SMILES string of the molecule is C=CCN1C(=O)C2(c3ccccc31)c1c(oc3cc(C)c(C)cc3c1=O)C(=O)N2Cc1ccc(OC)cc1. The van der Waals surface area contributed by atoms with Gasteiger partial charge in [-0.1, -0.05) is 36.4 Å². The number of ether oxygens (including phenoxy) is 1. The van der Waals surface area contributed by atoms with Gasteiger partial charge >= 0.3 is 0 Å². The Bertz CT molecular complexity index is 1720. The molecule has 0 radical (unpaired) electrons. The van der Waals surface area contributed by atoms with Crippen LogP contribution in [0.1, 0.15) is 38.4 Å². The Kier molecular flexibility index (Phi) is 5.28. The molecule has 38 heavy (non-hydrogen) atoms. The van der Waals surface area contributed by atoms with E-state index in [1.165, 1.54) is 4.90 Å². The molecule has 3 heterocycles. The molecule has 0 aliphatic carbocycles. The molecule has 2 aliphatic heterocycles. The zero-order valence-corrected chi connectivity index (χ0v) is 21.4. The molecule has 190 valence electrons. The molecule has 3 aromatic carbocycles. The third-order valence-corrected chi connectivity index (χ3v) is 7.66. The molecule has 0 bridgehead atoms. The van der Waals surface area contributed by atoms with Crippen molar-refractivity contribution >= 4 is 28.5 Å². The first-order chi connectivity index (χ1) is 18.3. The fourth-order valence-electron chi connectivity index (χ4n) is 5.69. The van der Waals surface area contributed by atoms with Crippen LogP contribution in [0.15, 0.2) is 82.5 Å². The molecule has 0 saturated carbocycles. The molecule has 1 aromatic heterocycles. The normalized spacial score (nSPS) is 17.9. The van der Waals surface area contributed by atoms with Crippen LogP contribution in [0.2, 0.25) is 0 Å². The lowest BCUT2D eigenvalue weighted by Crippen LogP contribution is -2.53. The number of methoxy groups -OCH3 is 1. The van der Waals surface area contributed by atoms with E-state index < -0.39 is 11.4 Å². The van der Waals surface area contributed by atoms with Crippen molar-refractivity contribution < 1.29 is 18.7 Å². The minimum atomic E-state index is -1.67. The maximum absolute atomic E-state index is 14.5. The number of rotatable bonds is 5. The third kappa shape index (κ3) is 3.05. The highest BCUT2D eigenvalue weighted by Crippen LogP contribution is 2.53. The van der Waals surface area contributed by atoms with E-state index in [-0.39, 0.29) is 35.7 Å². The van der Waals surface area contributed by atoms with Crippen LogP contribution in [0.4, 0.5) is 5.69 Å². The smallest absolute Gasteiger partial charge is 0.291 e. The van der Waals surface area contributed by atoms with Gasteiger partial charge in [0.05, 0.1) is 23.7 Å². The van der Waals surface area contributed by atoms with Crippen LogP contribution in [0.25, 0.3) is 11.0 Å². The molecule has 6 rings (SSSR count). The number of para-hydroxylation sites is 1. The van der Waals surface area contributed by atoms with Gasteiger partial charge in [-0.2, -0.15) is 0 Å². The van der Waals surface area contributed by atoms with E-state index in [1.807, 2.05) is 50.2 Å². The maximum Gasteiger partial charge on any atom is 0.291 e. The standard InChI is InChI=1S/C31H26N2O5/c1-5-14-32-24-9-7-6-8-23(24)31(30(32)36)26-27(34)22-15-18(2)19(3)16-25(22)38-28(26)29(35)33(31)17-20-10-12-21(37-4)13-11-20/h5-13,15-16H,1,14,17H2,2-4H3. The van der Waals surface area contributed by atoms with E-state index in [4.69, 9.17) is 9.15 Å². The fourth-order valence-corrected chi connectivity index (χ4v) is 5.69. The monoisotopic (exact) mass is 506 g/mol. The predicted octanol–water partition coefficient (Wildman–Crippen LogP) is 4.85. The lowest BCUT2D eigenvalue weighted by molar-refractivity contribution is -0.126. The lowest BCUT2D eigenvalue weighted by atomic mass is 9.83. The molecule has 7 nitrogen and oxygen atoms in total. The van der Waals surface area contributed by atoms with Crippen molar-refractivity contribution in [3.8, 4) is 5.75 Å². The van der Waals surface area contributed by atoms with E-state index in [9.17, 15) is 14.4 Å². The Morgan fingerprint density at radius 1 is 1.00 bits per heavy atom. The molecular formula is C31H26N2O5. The van der Waals surface area contributed by atoms with Crippen molar-refractivity contribution in [3.63, 3.8) is 0 Å². The van der Waals surface area contributed by atoms with Crippen LogP contribution in [0, 0.1) is 13.8 Å². The lowest BCUT2D eigenvalue weighted by Gasteiger charge is -2.34. The van der Waals surface area contributed by atoms with Crippen molar-refractivity contribution in [2.24, 2.45) is 0 Å². The summed E-state index contributed by atoms with van der Waals surface area (Å²) in [5.41, 5.74) is 2.20. The van der Waals surface area contributed by atoms with Gasteiger partial charge in [0.15, 0.2) is 11.0 Å². The summed E-state index contributed by atoms with van der Waals surface area (Å²) in [5.74, 6) is -0.304. The molecule has 1 unspecified atom stereocenters. The molecule has 0 N–H and O–H groups in total. The number of carbonyl (C=O) groups is 2. The van der Waals surface area contributed by atoms with Crippen molar-refractivity contribution in [2.45, 2.75) is 25.9 Å². The van der Waals surface area contributed by atoms with Crippen LogP contribution >= 0.6 is 0 Å². The second-order valence-electron chi connectivity index (χ2n) is 9.74. The van der Waals surface area contributed by atoms with E-state index in [0.717, 1.165) is 16.7 Å². The van der Waals surface area contributed by atoms with E-state index in [1.54, 1.807) is 42.4 Å². The fraction of sp³-hybridized carbons (Fsp3) is 0.194. The van der Waals surface area contributed by atoms with Crippen LogP contribution in [-0.2, 0) is 16.9 Å². The molecule has 4 aromatic rings. The first-order valence-corrected chi connectivity index (χ1v) is 12.4. The Morgan fingerprint density at radius 3 is 2.42 bits per heavy atom. The molecule has 1 atom stereocenters. The minimum absolute atomic E-state index is 0.0655. The molecule has 7 heteroatoms. The van der Waals surface area contributed by atoms with Gasteiger partial charge in [0.2, 0.25) is 5.76 Å². The quantitative estimate of drug-likeness (QED) is 0.362. The Labute approximate surface area is 219 Å². The van der Waals surface area contributed by atoms with Gasteiger partial charge in [-0.25, -0.2) is 0 Å². The highest BCUT2D eigenvalue weighted by Gasteiger charge is 2.64. The number of fused-ring (bicyclic) bond motifs is 5. The van der Waals surface area contributed by atoms with Crippen molar-refractivity contribution in [1.82, 2.24) is 4.90 Å². The van der Waals surface area contributed by atoms with Gasteiger partial charge in [0.25, 0.3) is 11.8 Å². The first kappa shape index (κ1) is 23.7. The number of nitrogens with zero attached hydrogens (tertiary/aromatic N) is 2. The second-order valence-corrected chi connectivity index (χ2v) is 9.74. The topological polar surface area (TPSA) is 80.1 Å². The minimum Gasteiger partial charge on any atom is -0.497 e. The number of hydrogen-bond donors (Lipinski definition) is 0. The third-order valence-electron chi connectivity index (χ3n) is 7.66. The number of hydrogen-bond acceptors (Lipinski definition) is 5. The van der Waals surface area contributed by atoms with Gasteiger partial charge in [-0.15, -0.1) is 6.58 Å². The Morgan fingerprint density at radius 2 is 1.71 bits per heavy atom. The highest BCUT2D eigenvalue weighted by atomic mass is 16.5. The van der Waals surface area contributed by atoms with E-state index in [0.29, 0.717) is 28.0 Å². The molecule has 1 spiro atoms. The molecule has 0 fully saturated rings. The summed E-state index contributed by atoms with van der Waals surface area (Å²) in [6.07, 6.45) is 1.63. The zero-order chi connectivity index (χ0) is 26.8. The van der Waals surface area contributed by atoms with Crippen LogP contribution in [0.3, 0.4) is 0 Å². The maximum atomic E-state index is 14.5. The Hall–Kier alpha value is -4.65. The summed E-state index contributed by atoms with van der Waals surface area (Å²) in [4.78, 5) is 45.9. The van der Waals surface area contributed by atoms with Gasteiger partial charge < -0.3 is 19.0 Å². The largest absolute Gasteiger partial charge is 0.497 e. The van der Waals surface area contributed by atoms with E-state index >= 15 is 0 Å². The average molecular weight is 507 g/mol. The summed E-state index contributed by atoms with van der Waals surface area (Å²) >= 11 is 0. The van der Waals surface area contributed by atoms with Crippen molar-refractivity contribution in [3.05, 3.63) is 117 Å². The van der Waals surface area contributed by atoms with Crippen LogP contribution < -0.4 is 15.1 Å². The molecule has 2 amide bonds. The second kappa shape index (κ2) is 8.45. The number of aryl methyl sites for hydroxylation is 2. The summed E-state index contributed by atoms with van der Waals surface area (Å²) in [6.45, 7) is 7.97. The average Bonchev–Trinajstić information content (AvgIpc) is 3.31. The number of anilines is 1. The number of benzene rings is 3. The van der Waals surface area contributed by atoms with Gasteiger partial charge in [-0.05, 0) is 60.9 Å². The summed E-state index contributed by atoms with van der Waals surface area (Å²) in [5, 5.41) is 0.345. The number of amides is 2. The first-order valence-electron chi connectivity index (χ1n) is 12.4. The summed E-state index contributed by atoms with van der Waals surface area (Å²) in [6, 6.07) is 18.1. The molecule has 2 aliphatic rings. The highest BCUT2D eigenvalue weighted by molar-refractivity contribution is 6.17. The van der Waals surface area contributed by atoms with Crippen molar-refractivity contribution in [1.29, 1.82) is 0 Å².